The molecule has 0 radical (unpaired) electrons. The maximum atomic E-state index is 6.13. The van der Waals surface area contributed by atoms with Gasteiger partial charge in [0.15, 0.2) is 0 Å². The number of pyridine rings is 1. The molecule has 2 N–H and O–H groups in total. The summed E-state index contributed by atoms with van der Waals surface area (Å²) in [7, 11) is 0. The first kappa shape index (κ1) is 10.4. The molecule has 1 saturated carbocycles. The number of hydrogen-bond donors (Lipinski definition) is 1. The normalized spacial score (nSPS) is 17.8. The Balaban J connectivity index is 1.95. The summed E-state index contributed by atoms with van der Waals surface area (Å²) in [4.78, 5) is 8.57. The topological polar surface area (TPSA) is 77.8 Å². The maximum absolute atomic E-state index is 6.13. The number of nitrogens with two attached hydrogens (primary N) is 1. The van der Waals surface area contributed by atoms with E-state index in [1.807, 2.05) is 19.1 Å². The van der Waals surface area contributed by atoms with Crippen LogP contribution in [0.25, 0.3) is 11.5 Å². The van der Waals surface area contributed by atoms with E-state index in [0.29, 0.717) is 11.7 Å². The van der Waals surface area contributed by atoms with Crippen molar-refractivity contribution in [1.29, 1.82) is 0 Å². The van der Waals surface area contributed by atoms with Crippen LogP contribution in [0.1, 0.15) is 30.7 Å². The van der Waals surface area contributed by atoms with Gasteiger partial charge in [-0.2, -0.15) is 4.98 Å². The first-order chi connectivity index (χ1) is 8.17. The van der Waals surface area contributed by atoms with E-state index in [1.54, 1.807) is 6.20 Å². The molecule has 1 aliphatic carbocycles. The van der Waals surface area contributed by atoms with Crippen molar-refractivity contribution in [2.24, 2.45) is 5.73 Å². The van der Waals surface area contributed by atoms with Gasteiger partial charge < -0.3 is 10.3 Å². The molecule has 1 aliphatic rings. The van der Waals surface area contributed by atoms with Crippen LogP contribution in [0.3, 0.4) is 0 Å². The zero-order valence-electron chi connectivity index (χ0n) is 9.68. The molecular formula is C12H14N4O. The summed E-state index contributed by atoms with van der Waals surface area (Å²) in [5.74, 6) is 1.04. The third-order valence-electron chi connectivity index (χ3n) is 3.24. The Hall–Kier alpha value is -1.75. The van der Waals surface area contributed by atoms with Crippen LogP contribution in [-0.2, 0) is 5.54 Å². The molecule has 2 heterocycles. The minimum atomic E-state index is -0.408. The number of aryl methyl sites for hydroxylation is 1. The Bertz CT molecular complexity index is 545. The molecule has 1 fully saturated rings. The Morgan fingerprint density at radius 1 is 1.41 bits per heavy atom. The molecule has 0 aromatic carbocycles. The largest absolute Gasteiger partial charge is 0.337 e. The smallest absolute Gasteiger partial charge is 0.247 e. The molecule has 3 rings (SSSR count). The fourth-order valence-corrected chi connectivity index (χ4v) is 1.96. The average molecular weight is 230 g/mol. The highest BCUT2D eigenvalue weighted by Gasteiger charge is 2.40. The molecule has 5 heteroatoms. The van der Waals surface area contributed by atoms with Gasteiger partial charge >= 0.3 is 0 Å². The first-order valence-electron chi connectivity index (χ1n) is 5.73. The Kier molecular flexibility index (Phi) is 2.22. The van der Waals surface area contributed by atoms with E-state index in [4.69, 9.17) is 10.3 Å². The van der Waals surface area contributed by atoms with Crippen molar-refractivity contribution in [2.45, 2.75) is 31.7 Å². The molecule has 0 saturated heterocycles. The third kappa shape index (κ3) is 1.72. The Labute approximate surface area is 99.1 Å². The van der Waals surface area contributed by atoms with Gasteiger partial charge in [-0.1, -0.05) is 5.16 Å². The average Bonchev–Trinajstić information content (AvgIpc) is 2.75. The quantitative estimate of drug-likeness (QED) is 0.850. The summed E-state index contributed by atoms with van der Waals surface area (Å²) in [6, 6.07) is 3.86. The Morgan fingerprint density at radius 3 is 2.88 bits per heavy atom. The molecular weight excluding hydrogens is 216 g/mol. The summed E-state index contributed by atoms with van der Waals surface area (Å²) in [5, 5.41) is 3.95. The monoisotopic (exact) mass is 230 g/mol. The number of hydrogen-bond acceptors (Lipinski definition) is 5. The van der Waals surface area contributed by atoms with Crippen LogP contribution in [-0.4, -0.2) is 15.1 Å². The first-order valence-corrected chi connectivity index (χ1v) is 5.73. The summed E-state index contributed by atoms with van der Waals surface area (Å²) < 4.78 is 5.24. The predicted molar refractivity (Wildman–Crippen MR) is 62.0 cm³/mol. The highest BCUT2D eigenvalue weighted by Crippen LogP contribution is 2.38. The summed E-state index contributed by atoms with van der Waals surface area (Å²) in [5.41, 5.74) is 7.56. The number of nitrogens with zero attached hydrogens (tertiary/aromatic N) is 3. The summed E-state index contributed by atoms with van der Waals surface area (Å²) >= 11 is 0. The molecule has 0 unspecified atom stereocenters. The molecule has 88 valence electrons. The molecule has 0 bridgehead atoms. The van der Waals surface area contributed by atoms with Crippen LogP contribution in [0.4, 0.5) is 0 Å². The van der Waals surface area contributed by atoms with Gasteiger partial charge in [0.2, 0.25) is 11.7 Å². The van der Waals surface area contributed by atoms with Gasteiger partial charge in [-0.05, 0) is 43.9 Å². The van der Waals surface area contributed by atoms with Crippen molar-refractivity contribution in [2.75, 3.05) is 0 Å². The van der Waals surface area contributed by atoms with Gasteiger partial charge in [0.1, 0.15) is 5.69 Å². The SMILES string of the molecule is Cc1ccnc(-c2noc(C3(N)CCC3)n2)c1. The zero-order chi connectivity index (χ0) is 11.9. The minimum absolute atomic E-state index is 0.408. The third-order valence-corrected chi connectivity index (χ3v) is 3.24. The van der Waals surface area contributed by atoms with E-state index in [0.717, 1.165) is 30.5 Å². The van der Waals surface area contributed by atoms with E-state index in [9.17, 15) is 0 Å². The lowest BCUT2D eigenvalue weighted by Crippen LogP contribution is -2.43. The molecule has 5 nitrogen and oxygen atoms in total. The van der Waals surface area contributed by atoms with Crippen molar-refractivity contribution < 1.29 is 4.52 Å². The van der Waals surface area contributed by atoms with Crippen LogP contribution in [0, 0.1) is 6.92 Å². The van der Waals surface area contributed by atoms with Crippen molar-refractivity contribution in [3.05, 3.63) is 29.8 Å². The molecule has 0 spiro atoms. The second-order valence-electron chi connectivity index (χ2n) is 4.65. The van der Waals surface area contributed by atoms with Gasteiger partial charge in [0.05, 0.1) is 5.54 Å². The second kappa shape index (κ2) is 3.63. The second-order valence-corrected chi connectivity index (χ2v) is 4.65. The minimum Gasteiger partial charge on any atom is -0.337 e. The van der Waals surface area contributed by atoms with Crippen molar-refractivity contribution in [3.8, 4) is 11.5 Å². The fraction of sp³-hybridized carbons (Fsp3) is 0.417. The van der Waals surface area contributed by atoms with Crippen LogP contribution < -0.4 is 5.73 Å². The molecule has 2 aromatic heterocycles. The highest BCUT2D eigenvalue weighted by atomic mass is 16.5. The number of aromatic nitrogens is 3. The molecule has 0 amide bonds. The fourth-order valence-electron chi connectivity index (χ4n) is 1.96. The summed E-state index contributed by atoms with van der Waals surface area (Å²) in [6.45, 7) is 2.00. The van der Waals surface area contributed by atoms with Gasteiger partial charge in [-0.3, -0.25) is 4.98 Å². The van der Waals surface area contributed by atoms with Gasteiger partial charge in [0, 0.05) is 6.20 Å². The van der Waals surface area contributed by atoms with E-state index >= 15 is 0 Å². The lowest BCUT2D eigenvalue weighted by molar-refractivity contribution is 0.181. The molecule has 0 atom stereocenters. The van der Waals surface area contributed by atoms with E-state index in [2.05, 4.69) is 15.1 Å². The number of rotatable bonds is 2. The van der Waals surface area contributed by atoms with E-state index in [-0.39, 0.29) is 0 Å². The van der Waals surface area contributed by atoms with E-state index < -0.39 is 5.54 Å². The maximum Gasteiger partial charge on any atom is 0.247 e. The predicted octanol–water partition coefficient (Wildman–Crippen LogP) is 1.78. The van der Waals surface area contributed by atoms with Crippen molar-refractivity contribution in [1.82, 2.24) is 15.1 Å². The molecule has 0 aliphatic heterocycles. The molecule has 2 aromatic rings. The van der Waals surface area contributed by atoms with Gasteiger partial charge in [0.25, 0.3) is 0 Å². The Morgan fingerprint density at radius 2 is 2.24 bits per heavy atom. The van der Waals surface area contributed by atoms with Crippen molar-refractivity contribution in [3.63, 3.8) is 0 Å². The lowest BCUT2D eigenvalue weighted by atomic mass is 9.78. The highest BCUT2D eigenvalue weighted by molar-refractivity contribution is 5.49. The standard InChI is InChI=1S/C12H14N4O/c1-8-3-6-14-9(7-8)10-15-11(17-16-10)12(13)4-2-5-12/h3,6-7H,2,4-5,13H2,1H3. The zero-order valence-corrected chi connectivity index (χ0v) is 9.68. The van der Waals surface area contributed by atoms with Crippen LogP contribution in [0.5, 0.6) is 0 Å². The van der Waals surface area contributed by atoms with Crippen molar-refractivity contribution >= 4 is 0 Å². The lowest BCUT2D eigenvalue weighted by Gasteiger charge is -2.33. The van der Waals surface area contributed by atoms with Gasteiger partial charge in [-0.15, -0.1) is 0 Å². The van der Waals surface area contributed by atoms with Crippen LogP contribution >= 0.6 is 0 Å². The van der Waals surface area contributed by atoms with Crippen LogP contribution in [0.15, 0.2) is 22.9 Å². The van der Waals surface area contributed by atoms with E-state index in [1.165, 1.54) is 0 Å². The van der Waals surface area contributed by atoms with Gasteiger partial charge in [-0.25, -0.2) is 0 Å². The molecule has 17 heavy (non-hydrogen) atoms. The van der Waals surface area contributed by atoms with Crippen LogP contribution in [0.2, 0.25) is 0 Å². The summed E-state index contributed by atoms with van der Waals surface area (Å²) in [6.07, 6.45) is 4.69.